The van der Waals surface area contributed by atoms with Crippen LogP contribution >= 0.6 is 11.6 Å². The van der Waals surface area contributed by atoms with Crippen molar-refractivity contribution in [1.29, 1.82) is 0 Å². The number of fused-ring (bicyclic) bond motifs is 1. The van der Waals surface area contributed by atoms with Gasteiger partial charge in [0, 0.05) is 30.5 Å². The predicted octanol–water partition coefficient (Wildman–Crippen LogP) is 4.35. The monoisotopic (exact) mass is 436 g/mol. The third-order valence-electron chi connectivity index (χ3n) is 5.40. The molecule has 0 saturated carbocycles. The zero-order valence-electron chi connectivity index (χ0n) is 17.2. The molecule has 1 saturated heterocycles. The van der Waals surface area contributed by atoms with Crippen molar-refractivity contribution < 1.29 is 9.15 Å². The number of aryl methyl sites for hydroxylation is 2. The normalized spacial score (nSPS) is 14.4. The van der Waals surface area contributed by atoms with Crippen molar-refractivity contribution >= 4 is 28.3 Å². The molecule has 4 aromatic rings. The number of pyridine rings is 3. The molecule has 0 unspecified atom stereocenters. The molecule has 0 amide bonds. The highest BCUT2D eigenvalue weighted by Gasteiger charge is 2.20. The molecule has 1 aliphatic rings. The van der Waals surface area contributed by atoms with E-state index in [0.717, 1.165) is 22.6 Å². The van der Waals surface area contributed by atoms with Gasteiger partial charge in [-0.05, 0) is 49.7 Å². The van der Waals surface area contributed by atoms with Crippen molar-refractivity contribution in [3.05, 3.63) is 63.4 Å². The van der Waals surface area contributed by atoms with Crippen LogP contribution in [0.3, 0.4) is 0 Å². The Morgan fingerprint density at radius 3 is 2.61 bits per heavy atom. The molecule has 0 radical (unpaired) electrons. The summed E-state index contributed by atoms with van der Waals surface area (Å²) in [4.78, 5) is 27.7. The highest BCUT2D eigenvalue weighted by molar-refractivity contribution is 6.29. The summed E-state index contributed by atoms with van der Waals surface area (Å²) >= 11 is 6.24. The highest BCUT2D eigenvalue weighted by Crippen LogP contribution is 2.34. The Balaban J connectivity index is 1.76. The number of hydrogen-bond donors (Lipinski definition) is 1. The number of nitrogens with zero attached hydrogens (tertiary/aromatic N) is 3. The topological polar surface area (TPSA) is 84.2 Å². The lowest BCUT2D eigenvalue weighted by Crippen LogP contribution is -2.38. The number of nitrogens with one attached hydrogen (secondary N) is 1. The van der Waals surface area contributed by atoms with Gasteiger partial charge in [-0.25, -0.2) is 9.97 Å². The fourth-order valence-electron chi connectivity index (χ4n) is 3.93. The first-order valence-corrected chi connectivity index (χ1v) is 10.5. The Bertz CT molecular complexity index is 1320. The zero-order chi connectivity index (χ0) is 21.5. The third kappa shape index (κ3) is 3.71. The van der Waals surface area contributed by atoms with E-state index in [1.807, 2.05) is 43.0 Å². The molecule has 0 aliphatic carbocycles. The molecule has 8 heteroatoms. The predicted molar refractivity (Wildman–Crippen MR) is 121 cm³/mol. The summed E-state index contributed by atoms with van der Waals surface area (Å²) in [6.45, 7) is 6.33. The van der Waals surface area contributed by atoms with E-state index in [-0.39, 0.29) is 5.43 Å². The second-order valence-electron chi connectivity index (χ2n) is 7.61. The molecule has 31 heavy (non-hydrogen) atoms. The van der Waals surface area contributed by atoms with Crippen molar-refractivity contribution in [2.24, 2.45) is 0 Å². The summed E-state index contributed by atoms with van der Waals surface area (Å²) in [5.41, 5.74) is 4.06. The van der Waals surface area contributed by atoms with Crippen LogP contribution in [0.4, 0.5) is 5.69 Å². The van der Waals surface area contributed by atoms with Crippen LogP contribution in [0.1, 0.15) is 11.5 Å². The Hall–Kier alpha value is -3.16. The molecule has 7 nitrogen and oxygen atoms in total. The number of rotatable bonds is 3. The van der Waals surface area contributed by atoms with Crippen LogP contribution in [0.25, 0.3) is 33.6 Å². The zero-order valence-corrected chi connectivity index (χ0v) is 18.0. The largest absolute Gasteiger partial charge is 0.460 e. The Labute approximate surface area is 183 Å². The van der Waals surface area contributed by atoms with Crippen LogP contribution in [-0.2, 0) is 4.74 Å². The number of ether oxygens (including phenoxy) is 1. The van der Waals surface area contributed by atoms with E-state index in [2.05, 4.69) is 9.97 Å². The van der Waals surface area contributed by atoms with Gasteiger partial charge < -0.3 is 19.0 Å². The minimum Gasteiger partial charge on any atom is -0.460 e. The number of hydrogen-bond acceptors (Lipinski definition) is 6. The highest BCUT2D eigenvalue weighted by atomic mass is 35.5. The summed E-state index contributed by atoms with van der Waals surface area (Å²) in [5.74, 6) is 1.40. The van der Waals surface area contributed by atoms with E-state index in [0.29, 0.717) is 59.6 Å². The maximum Gasteiger partial charge on any atom is 0.214 e. The van der Waals surface area contributed by atoms with Gasteiger partial charge in [0.1, 0.15) is 27.9 Å². The molecule has 0 spiro atoms. The minimum atomic E-state index is -0.0662. The quantitative estimate of drug-likeness (QED) is 0.480. The Morgan fingerprint density at radius 2 is 1.90 bits per heavy atom. The maximum atomic E-state index is 13.4. The molecule has 0 bridgehead atoms. The first-order chi connectivity index (χ1) is 15.0. The molecule has 0 aromatic carbocycles. The van der Waals surface area contributed by atoms with Gasteiger partial charge in [0.15, 0.2) is 5.76 Å². The fraction of sp³-hybridized carbons (Fsp3) is 0.261. The number of aromatic amines is 1. The number of morpholine rings is 1. The van der Waals surface area contributed by atoms with Crippen LogP contribution in [0, 0.1) is 13.8 Å². The summed E-state index contributed by atoms with van der Waals surface area (Å²) in [6.07, 6.45) is 1.73. The number of anilines is 1. The lowest BCUT2D eigenvalue weighted by Gasteiger charge is -2.28. The first-order valence-electron chi connectivity index (χ1n) is 10.1. The van der Waals surface area contributed by atoms with Gasteiger partial charge in [-0.2, -0.15) is 0 Å². The molecule has 4 aromatic heterocycles. The van der Waals surface area contributed by atoms with E-state index in [9.17, 15) is 4.79 Å². The van der Waals surface area contributed by atoms with Gasteiger partial charge in [-0.1, -0.05) is 11.6 Å². The van der Waals surface area contributed by atoms with Crippen molar-refractivity contribution in [2.75, 3.05) is 31.2 Å². The number of furan rings is 1. The van der Waals surface area contributed by atoms with Gasteiger partial charge in [0.2, 0.25) is 5.43 Å². The van der Waals surface area contributed by atoms with Crippen molar-refractivity contribution in [3.8, 4) is 22.6 Å². The third-order valence-corrected chi connectivity index (χ3v) is 5.60. The summed E-state index contributed by atoms with van der Waals surface area (Å²) in [5, 5.41) is 0.893. The van der Waals surface area contributed by atoms with E-state index in [4.69, 9.17) is 25.7 Å². The SMILES string of the molecule is Cc1cc(-c2cc3c(=O)c(N4CCOCC4)c[nH]c3nc2-c2ccc(C)o2)cc(Cl)n1. The maximum absolute atomic E-state index is 13.4. The van der Waals surface area contributed by atoms with Gasteiger partial charge in [-0.15, -0.1) is 0 Å². The van der Waals surface area contributed by atoms with Crippen molar-refractivity contribution in [1.82, 2.24) is 15.0 Å². The molecular formula is C23H21ClN4O3. The van der Waals surface area contributed by atoms with Crippen molar-refractivity contribution in [2.45, 2.75) is 13.8 Å². The van der Waals surface area contributed by atoms with Gasteiger partial charge in [0.05, 0.1) is 18.6 Å². The number of halogens is 1. The van der Waals surface area contributed by atoms with Gasteiger partial charge >= 0.3 is 0 Å². The van der Waals surface area contributed by atoms with Crippen LogP contribution in [-0.4, -0.2) is 41.3 Å². The summed E-state index contributed by atoms with van der Waals surface area (Å²) < 4.78 is 11.3. The van der Waals surface area contributed by atoms with E-state index in [1.54, 1.807) is 12.3 Å². The molecule has 1 aliphatic heterocycles. The lowest BCUT2D eigenvalue weighted by atomic mass is 10.0. The van der Waals surface area contributed by atoms with Crippen LogP contribution in [0.5, 0.6) is 0 Å². The molecule has 5 rings (SSSR count). The average molecular weight is 437 g/mol. The second-order valence-corrected chi connectivity index (χ2v) is 8.00. The Kier molecular flexibility index (Phi) is 5.00. The second kappa shape index (κ2) is 7.83. The van der Waals surface area contributed by atoms with E-state index in [1.165, 1.54) is 0 Å². The van der Waals surface area contributed by atoms with E-state index >= 15 is 0 Å². The minimum absolute atomic E-state index is 0.0662. The summed E-state index contributed by atoms with van der Waals surface area (Å²) in [7, 11) is 0. The fourth-order valence-corrected chi connectivity index (χ4v) is 4.18. The number of H-pyrrole nitrogens is 1. The Morgan fingerprint density at radius 1 is 1.10 bits per heavy atom. The smallest absolute Gasteiger partial charge is 0.214 e. The first kappa shape index (κ1) is 19.8. The van der Waals surface area contributed by atoms with Crippen LogP contribution in [0.2, 0.25) is 5.15 Å². The van der Waals surface area contributed by atoms with E-state index < -0.39 is 0 Å². The van der Waals surface area contributed by atoms with Crippen LogP contribution < -0.4 is 10.3 Å². The molecular weight excluding hydrogens is 416 g/mol. The molecule has 0 atom stereocenters. The lowest BCUT2D eigenvalue weighted by molar-refractivity contribution is 0.122. The average Bonchev–Trinajstić information content (AvgIpc) is 3.19. The molecule has 158 valence electrons. The van der Waals surface area contributed by atoms with Crippen LogP contribution in [0.15, 0.2) is 45.7 Å². The number of aromatic nitrogens is 3. The summed E-state index contributed by atoms with van der Waals surface area (Å²) in [6, 6.07) is 9.33. The van der Waals surface area contributed by atoms with Gasteiger partial charge in [-0.3, -0.25) is 4.79 Å². The molecule has 1 fully saturated rings. The van der Waals surface area contributed by atoms with Crippen molar-refractivity contribution in [3.63, 3.8) is 0 Å². The molecule has 5 heterocycles. The standard InChI is InChI=1S/C23H21ClN4O3/c1-13-9-15(10-20(24)26-13)16-11-17-22(29)18(28-5-7-30-8-6-28)12-25-23(17)27-21(16)19-4-3-14(2)31-19/h3-4,9-12H,5-8H2,1-2H3,(H,25,27,29). The molecule has 1 N–H and O–H groups in total. The van der Waals surface area contributed by atoms with Gasteiger partial charge in [0.25, 0.3) is 0 Å².